The molecule has 0 aromatic heterocycles. The number of nitrogens with two attached hydrogens (primary N) is 1. The van der Waals surface area contributed by atoms with Crippen molar-refractivity contribution in [1.82, 2.24) is 4.90 Å². The minimum absolute atomic E-state index is 0.148. The highest BCUT2D eigenvalue weighted by Crippen LogP contribution is 2.50. The molecule has 1 heterocycles. The van der Waals surface area contributed by atoms with E-state index >= 15 is 0 Å². The summed E-state index contributed by atoms with van der Waals surface area (Å²) in [7, 11) is 0. The van der Waals surface area contributed by atoms with Crippen LogP contribution in [0.15, 0.2) is 28.7 Å². The summed E-state index contributed by atoms with van der Waals surface area (Å²) in [6.07, 6.45) is 2.43. The fourth-order valence-electron chi connectivity index (χ4n) is 3.16. The molecule has 0 radical (unpaired) electrons. The van der Waals surface area contributed by atoms with Crippen LogP contribution in [0, 0.1) is 5.41 Å². The van der Waals surface area contributed by atoms with Gasteiger partial charge in [-0.15, -0.1) is 0 Å². The van der Waals surface area contributed by atoms with Gasteiger partial charge in [0, 0.05) is 17.6 Å². The highest BCUT2D eigenvalue weighted by molar-refractivity contribution is 9.10. The van der Waals surface area contributed by atoms with Crippen molar-refractivity contribution in [3.8, 4) is 0 Å². The van der Waals surface area contributed by atoms with E-state index in [-0.39, 0.29) is 17.2 Å². The maximum atomic E-state index is 12.9. The number of carbonyl (C=O) groups excluding carboxylic acids is 2. The van der Waals surface area contributed by atoms with E-state index in [0.717, 1.165) is 22.9 Å². The lowest BCUT2D eigenvalue weighted by molar-refractivity contribution is -0.134. The summed E-state index contributed by atoms with van der Waals surface area (Å²) in [5, 5.41) is 0. The Bertz CT molecular complexity index is 595. The molecule has 21 heavy (non-hydrogen) atoms. The Morgan fingerprint density at radius 2 is 1.81 bits per heavy atom. The number of hydrogen-bond acceptors (Lipinski definition) is 2. The molecule has 1 saturated heterocycles. The second-order valence-electron chi connectivity index (χ2n) is 6.49. The van der Waals surface area contributed by atoms with E-state index in [1.54, 1.807) is 0 Å². The first kappa shape index (κ1) is 14.6. The van der Waals surface area contributed by atoms with E-state index in [1.165, 1.54) is 0 Å². The molecule has 1 aromatic rings. The van der Waals surface area contributed by atoms with Crippen LogP contribution in [-0.2, 0) is 15.0 Å². The van der Waals surface area contributed by atoms with Crippen molar-refractivity contribution in [2.24, 2.45) is 11.1 Å². The molecular weight excluding hydrogens is 332 g/mol. The first-order chi connectivity index (χ1) is 9.87. The number of rotatable bonds is 3. The van der Waals surface area contributed by atoms with Gasteiger partial charge in [-0.2, -0.15) is 0 Å². The van der Waals surface area contributed by atoms with Crippen molar-refractivity contribution in [3.05, 3.63) is 34.3 Å². The van der Waals surface area contributed by atoms with Gasteiger partial charge in [0.05, 0.1) is 10.8 Å². The highest BCUT2D eigenvalue weighted by Gasteiger charge is 2.55. The van der Waals surface area contributed by atoms with E-state index in [4.69, 9.17) is 5.73 Å². The normalized spacial score (nSPS) is 26.7. The molecule has 1 aromatic carbocycles. The minimum atomic E-state index is -0.578. The smallest absolute Gasteiger partial charge is 0.233 e. The van der Waals surface area contributed by atoms with Crippen molar-refractivity contribution in [3.63, 3.8) is 0 Å². The topological polar surface area (TPSA) is 63.4 Å². The molecule has 1 aliphatic heterocycles. The van der Waals surface area contributed by atoms with Crippen molar-refractivity contribution in [2.75, 3.05) is 13.1 Å². The van der Waals surface area contributed by atoms with Gasteiger partial charge in [-0.25, -0.2) is 0 Å². The molecule has 1 aliphatic carbocycles. The SMILES string of the molecule is CC1(C(N)=O)CCN(C(=O)C2(c3ccc(Br)cc3)CC2)C1. The molecule has 2 amide bonds. The number of carbonyl (C=O) groups is 2. The molecule has 112 valence electrons. The van der Waals surface area contributed by atoms with E-state index in [1.807, 2.05) is 36.1 Å². The average molecular weight is 351 g/mol. The van der Waals surface area contributed by atoms with Crippen LogP contribution in [0.4, 0.5) is 0 Å². The summed E-state index contributed by atoms with van der Waals surface area (Å²) < 4.78 is 1.01. The van der Waals surface area contributed by atoms with Crippen LogP contribution in [0.3, 0.4) is 0 Å². The van der Waals surface area contributed by atoms with Crippen molar-refractivity contribution >= 4 is 27.7 Å². The van der Waals surface area contributed by atoms with E-state index in [0.29, 0.717) is 19.5 Å². The molecule has 1 saturated carbocycles. The van der Waals surface area contributed by atoms with Crippen molar-refractivity contribution in [1.29, 1.82) is 0 Å². The summed E-state index contributed by atoms with van der Waals surface area (Å²) in [5.41, 5.74) is 5.59. The third-order valence-electron chi connectivity index (χ3n) is 4.91. The number of benzene rings is 1. The maximum absolute atomic E-state index is 12.9. The molecule has 2 N–H and O–H groups in total. The summed E-state index contributed by atoms with van der Waals surface area (Å²) in [4.78, 5) is 26.2. The number of hydrogen-bond donors (Lipinski definition) is 1. The van der Waals surface area contributed by atoms with E-state index in [2.05, 4.69) is 15.9 Å². The Labute approximate surface area is 132 Å². The number of likely N-dealkylation sites (tertiary alicyclic amines) is 1. The number of halogens is 1. The lowest BCUT2D eigenvalue weighted by Gasteiger charge is -2.25. The second kappa shape index (κ2) is 4.83. The Morgan fingerprint density at radius 1 is 1.19 bits per heavy atom. The van der Waals surface area contributed by atoms with Gasteiger partial charge < -0.3 is 10.6 Å². The first-order valence-corrected chi connectivity index (χ1v) is 8.02. The zero-order valence-corrected chi connectivity index (χ0v) is 13.6. The van der Waals surface area contributed by atoms with Gasteiger partial charge >= 0.3 is 0 Å². The maximum Gasteiger partial charge on any atom is 0.233 e. The summed E-state index contributed by atoms with van der Waals surface area (Å²) in [6, 6.07) is 7.97. The van der Waals surface area contributed by atoms with Crippen LogP contribution >= 0.6 is 15.9 Å². The van der Waals surface area contributed by atoms with Crippen LogP contribution in [0.2, 0.25) is 0 Å². The Kier molecular flexibility index (Phi) is 3.35. The molecule has 1 atom stereocenters. The number of amides is 2. The standard InChI is InChI=1S/C16H19BrN2O2/c1-15(13(18)20)8-9-19(10-15)14(21)16(6-7-16)11-2-4-12(17)5-3-11/h2-5H,6-10H2,1H3,(H2,18,20). The van der Waals surface area contributed by atoms with Crippen molar-refractivity contribution < 1.29 is 9.59 Å². The predicted octanol–water partition coefficient (Wildman–Crippen LogP) is 2.20. The van der Waals surface area contributed by atoms with Crippen LogP contribution < -0.4 is 5.73 Å². The van der Waals surface area contributed by atoms with Crippen LogP contribution in [0.1, 0.15) is 31.7 Å². The zero-order chi connectivity index (χ0) is 15.3. The number of nitrogens with zero attached hydrogens (tertiary/aromatic N) is 1. The third-order valence-corrected chi connectivity index (χ3v) is 5.44. The van der Waals surface area contributed by atoms with E-state index < -0.39 is 5.41 Å². The Morgan fingerprint density at radius 3 is 2.29 bits per heavy atom. The molecule has 4 nitrogen and oxygen atoms in total. The second-order valence-corrected chi connectivity index (χ2v) is 7.41. The fourth-order valence-corrected chi connectivity index (χ4v) is 3.42. The highest BCUT2D eigenvalue weighted by atomic mass is 79.9. The van der Waals surface area contributed by atoms with Gasteiger partial charge in [0.1, 0.15) is 0 Å². The quantitative estimate of drug-likeness (QED) is 0.908. The van der Waals surface area contributed by atoms with Crippen LogP contribution in [0.5, 0.6) is 0 Å². The molecule has 3 rings (SSSR count). The number of primary amides is 1. The van der Waals surface area contributed by atoms with Crippen LogP contribution in [-0.4, -0.2) is 29.8 Å². The van der Waals surface area contributed by atoms with Gasteiger partial charge in [-0.1, -0.05) is 28.1 Å². The summed E-state index contributed by atoms with van der Waals surface area (Å²) >= 11 is 3.42. The van der Waals surface area contributed by atoms with Gasteiger partial charge in [0.2, 0.25) is 11.8 Å². The minimum Gasteiger partial charge on any atom is -0.369 e. The lowest BCUT2D eigenvalue weighted by atomic mass is 9.89. The van der Waals surface area contributed by atoms with Gasteiger partial charge in [0.25, 0.3) is 0 Å². The molecule has 5 heteroatoms. The average Bonchev–Trinajstić information content (AvgIpc) is 3.16. The Hall–Kier alpha value is -1.36. The van der Waals surface area contributed by atoms with Gasteiger partial charge in [-0.05, 0) is 43.9 Å². The fraction of sp³-hybridized carbons (Fsp3) is 0.500. The molecule has 0 bridgehead atoms. The predicted molar refractivity (Wildman–Crippen MR) is 83.6 cm³/mol. The van der Waals surface area contributed by atoms with Crippen molar-refractivity contribution in [2.45, 2.75) is 31.6 Å². The molecular formula is C16H19BrN2O2. The molecule has 0 spiro atoms. The Balaban J connectivity index is 1.80. The lowest BCUT2D eigenvalue weighted by Crippen LogP contribution is -2.42. The van der Waals surface area contributed by atoms with E-state index in [9.17, 15) is 9.59 Å². The summed E-state index contributed by atoms with van der Waals surface area (Å²) in [5.74, 6) is -0.166. The molecule has 2 fully saturated rings. The zero-order valence-electron chi connectivity index (χ0n) is 12.1. The molecule has 1 unspecified atom stereocenters. The van der Waals surface area contributed by atoms with Crippen LogP contribution in [0.25, 0.3) is 0 Å². The largest absolute Gasteiger partial charge is 0.369 e. The monoisotopic (exact) mass is 350 g/mol. The van der Waals surface area contributed by atoms with Gasteiger partial charge in [-0.3, -0.25) is 9.59 Å². The third kappa shape index (κ3) is 2.37. The first-order valence-electron chi connectivity index (χ1n) is 7.23. The van der Waals surface area contributed by atoms with Gasteiger partial charge in [0.15, 0.2) is 0 Å². The molecule has 2 aliphatic rings. The summed E-state index contributed by atoms with van der Waals surface area (Å²) in [6.45, 7) is 2.91.